The van der Waals surface area contributed by atoms with Crippen molar-refractivity contribution in [1.82, 2.24) is 9.13 Å². The van der Waals surface area contributed by atoms with E-state index in [9.17, 15) is 4.39 Å². The zero-order valence-corrected chi connectivity index (χ0v) is 44.4. The van der Waals surface area contributed by atoms with Crippen LogP contribution in [-0.2, 0) is 6.18 Å². The van der Waals surface area contributed by atoms with Crippen molar-refractivity contribution in [3.8, 4) is 67.0 Å². The van der Waals surface area contributed by atoms with E-state index in [0.29, 0.717) is 65.9 Å². The molecule has 0 aliphatic rings. The van der Waals surface area contributed by atoms with E-state index in [2.05, 4.69) is 0 Å². The summed E-state index contributed by atoms with van der Waals surface area (Å²) in [5, 5.41) is 2.22. The number of aryl methyl sites for hydroxylation is 8. The van der Waals surface area contributed by atoms with Gasteiger partial charge in [0, 0.05) is 21.5 Å². The average molecular weight is 1060 g/mol. The monoisotopic (exact) mass is 1060 g/mol. The highest BCUT2D eigenvalue weighted by atomic mass is 19.4. The van der Waals surface area contributed by atoms with Gasteiger partial charge in [-0.3, -0.25) is 0 Å². The zero-order chi connectivity index (χ0) is 55.7. The number of alkyl halides is 3. The number of halogens is 8. The van der Waals surface area contributed by atoms with Crippen LogP contribution in [0, 0.1) is 84.5 Å². The maximum absolute atomic E-state index is 17.4. The minimum atomic E-state index is -5.25. The fourth-order valence-corrected chi connectivity index (χ4v) is 12.1. The van der Waals surface area contributed by atoms with E-state index in [1.54, 1.807) is 24.3 Å². The van der Waals surface area contributed by atoms with E-state index in [1.807, 2.05) is 177 Å². The summed E-state index contributed by atoms with van der Waals surface area (Å²) in [4.78, 5) is 0. The van der Waals surface area contributed by atoms with Gasteiger partial charge >= 0.3 is 6.18 Å². The quantitative estimate of drug-likeness (QED) is 0.0855. The van der Waals surface area contributed by atoms with Gasteiger partial charge in [0.15, 0.2) is 23.3 Å². The molecule has 0 amide bonds. The Morgan fingerprint density at radius 3 is 0.747 bits per heavy atom. The Bertz CT molecular complexity index is 4000. The molecule has 0 aliphatic heterocycles. The normalized spacial score (nSPS) is 12.1. The third kappa shape index (κ3) is 8.74. The molecule has 0 bridgehead atoms. The molecule has 12 aromatic rings. The molecule has 0 saturated heterocycles. The largest absolute Gasteiger partial charge is 0.420 e. The maximum Gasteiger partial charge on any atom is 0.420 e. The lowest BCUT2D eigenvalue weighted by Crippen LogP contribution is -2.16. The van der Waals surface area contributed by atoms with E-state index >= 15 is 30.7 Å². The summed E-state index contributed by atoms with van der Waals surface area (Å²) in [7, 11) is 0. The maximum atomic E-state index is 17.4. The number of hydrogen-bond donors (Lipinski definition) is 0. The Morgan fingerprint density at radius 2 is 0.506 bits per heavy atom. The lowest BCUT2D eigenvalue weighted by atomic mass is 9.97. The molecular weight excluding hydrogens is 1010 g/mol. The summed E-state index contributed by atoms with van der Waals surface area (Å²) in [6, 6.07) is 47.8. The van der Waals surface area contributed by atoms with Crippen LogP contribution >= 0.6 is 0 Å². The number of nitrogens with zero attached hydrogens (tertiary/aromatic N) is 2. The van der Waals surface area contributed by atoms with E-state index in [4.69, 9.17) is 0 Å². The van der Waals surface area contributed by atoms with Crippen molar-refractivity contribution in [2.24, 2.45) is 0 Å². The van der Waals surface area contributed by atoms with Crippen LogP contribution in [0.5, 0.6) is 0 Å². The van der Waals surface area contributed by atoms with Crippen molar-refractivity contribution in [3.05, 3.63) is 237 Å². The SMILES string of the molecule is Cc1cc(C)cc(-c2ccc3c4ccc(-c5cc(C)cc(C)c5)cc4n(-c4cc(-c5c(F)c(F)c(F)c(F)c5F)cc(-n5c6cc(-c7cc(C)cc(C)c7)ccc6c6ccc(-c7cc(C)cc(C)c7)cc65)c4C(F)(F)F)c3c2)c1. The van der Waals surface area contributed by atoms with Crippen molar-refractivity contribution in [2.45, 2.75) is 61.6 Å². The number of rotatable bonds is 7. The molecule has 10 heteroatoms. The van der Waals surface area contributed by atoms with Crippen LogP contribution in [0.15, 0.2) is 158 Å². The molecule has 2 aromatic heterocycles. The minimum Gasteiger partial charge on any atom is -0.308 e. The van der Waals surface area contributed by atoms with Crippen molar-refractivity contribution in [1.29, 1.82) is 0 Å². The van der Waals surface area contributed by atoms with Gasteiger partial charge in [-0.05, 0) is 142 Å². The lowest BCUT2D eigenvalue weighted by molar-refractivity contribution is -0.137. The van der Waals surface area contributed by atoms with Crippen LogP contribution in [0.2, 0.25) is 0 Å². The smallest absolute Gasteiger partial charge is 0.308 e. The van der Waals surface area contributed by atoms with E-state index in [1.165, 1.54) is 9.13 Å². The van der Waals surface area contributed by atoms with E-state index < -0.39 is 63.3 Å². The third-order valence-electron chi connectivity index (χ3n) is 15.1. The summed E-state index contributed by atoms with van der Waals surface area (Å²) in [6.45, 7) is 15.6. The van der Waals surface area contributed by atoms with Crippen LogP contribution in [-0.4, -0.2) is 9.13 Å². The van der Waals surface area contributed by atoms with Gasteiger partial charge < -0.3 is 9.13 Å². The first kappa shape index (κ1) is 51.0. The molecule has 0 radical (unpaired) electrons. The number of benzene rings is 10. The zero-order valence-electron chi connectivity index (χ0n) is 44.4. The van der Waals surface area contributed by atoms with Crippen LogP contribution < -0.4 is 0 Å². The molecule has 10 aromatic carbocycles. The summed E-state index contributed by atoms with van der Waals surface area (Å²) in [5.74, 6) is -11.3. The second-order valence-corrected chi connectivity index (χ2v) is 21.4. The molecule has 2 nitrogen and oxygen atoms in total. The summed E-state index contributed by atoms with van der Waals surface area (Å²) < 4.78 is 135. The fraction of sp³-hybridized carbons (Fsp3) is 0.130. The topological polar surface area (TPSA) is 9.86 Å². The summed E-state index contributed by atoms with van der Waals surface area (Å²) >= 11 is 0. The average Bonchev–Trinajstić information content (AvgIpc) is 4.15. The Labute approximate surface area is 451 Å². The molecule has 79 heavy (non-hydrogen) atoms. The van der Waals surface area contributed by atoms with Crippen molar-refractivity contribution < 1.29 is 35.1 Å². The molecule has 0 spiro atoms. The molecule has 392 valence electrons. The summed E-state index contributed by atoms with van der Waals surface area (Å²) in [5.41, 5.74) is 10.2. The number of aromatic nitrogens is 2. The van der Waals surface area contributed by atoms with Crippen molar-refractivity contribution in [2.75, 3.05) is 0 Å². The fourth-order valence-electron chi connectivity index (χ4n) is 12.1. The van der Waals surface area contributed by atoms with Gasteiger partial charge in [0.05, 0.1) is 39.0 Å². The van der Waals surface area contributed by atoms with Gasteiger partial charge in [-0.1, -0.05) is 166 Å². The minimum absolute atomic E-state index is 0.298. The standard InChI is InChI=1S/C69H50F8N2/c1-35-17-36(2)22-47(21-35)43-9-13-52-53-14-10-44(48-23-37(3)18-38(4)24-48)30-57(53)78(56(52)29-43)60-33-51(62-64(70)66(72)68(74)67(73)65(62)71)34-61(63(60)69(75,76)77)79-58-31-45(49-25-39(5)19-40(6)26-49)11-15-54(58)55-16-12-46(32-59(55)79)50-27-41(7)20-42(8)28-50/h9-34H,1-8H3. The number of hydrogen-bond acceptors (Lipinski definition) is 0. The van der Waals surface area contributed by atoms with Gasteiger partial charge in [0.2, 0.25) is 5.82 Å². The Balaban J connectivity index is 1.30. The van der Waals surface area contributed by atoms with Gasteiger partial charge in [0.25, 0.3) is 0 Å². The molecule has 2 heterocycles. The van der Waals surface area contributed by atoms with Crippen LogP contribution in [0.25, 0.3) is 111 Å². The first-order chi connectivity index (χ1) is 37.6. The molecule has 0 N–H and O–H groups in total. The Kier molecular flexibility index (Phi) is 12.1. The highest BCUT2D eigenvalue weighted by Gasteiger charge is 2.41. The van der Waals surface area contributed by atoms with E-state index in [0.717, 1.165) is 78.9 Å². The van der Waals surface area contributed by atoms with Crippen LogP contribution in [0.3, 0.4) is 0 Å². The molecule has 0 saturated carbocycles. The van der Waals surface area contributed by atoms with Gasteiger partial charge in [-0.15, -0.1) is 0 Å². The molecule has 12 rings (SSSR count). The molecule has 0 atom stereocenters. The second kappa shape index (κ2) is 18.7. The van der Waals surface area contributed by atoms with Gasteiger partial charge in [-0.25, -0.2) is 22.0 Å². The molecule has 0 aliphatic carbocycles. The first-order valence-electron chi connectivity index (χ1n) is 25.9. The number of fused-ring (bicyclic) bond motifs is 6. The first-order valence-corrected chi connectivity index (χ1v) is 25.9. The predicted octanol–water partition coefficient (Wildman–Crippen LogP) is 20.4. The highest BCUT2D eigenvalue weighted by molar-refractivity contribution is 6.13. The van der Waals surface area contributed by atoms with Crippen molar-refractivity contribution >= 4 is 43.6 Å². The van der Waals surface area contributed by atoms with Crippen LogP contribution in [0.1, 0.15) is 50.1 Å². The van der Waals surface area contributed by atoms with E-state index in [-0.39, 0.29) is 0 Å². The lowest BCUT2D eigenvalue weighted by Gasteiger charge is -2.24. The Morgan fingerprint density at radius 1 is 0.266 bits per heavy atom. The Hall–Kier alpha value is -8.76. The second-order valence-electron chi connectivity index (χ2n) is 21.4. The van der Waals surface area contributed by atoms with Crippen molar-refractivity contribution in [3.63, 3.8) is 0 Å². The highest BCUT2D eigenvalue weighted by Crippen LogP contribution is 2.49. The van der Waals surface area contributed by atoms with Gasteiger partial charge in [-0.2, -0.15) is 13.2 Å². The molecule has 0 fully saturated rings. The molecule has 0 unspecified atom stereocenters. The van der Waals surface area contributed by atoms with Crippen LogP contribution in [0.4, 0.5) is 35.1 Å². The molecular formula is C69H50F8N2. The van der Waals surface area contributed by atoms with Gasteiger partial charge in [0.1, 0.15) is 5.56 Å². The summed E-state index contributed by atoms with van der Waals surface area (Å²) in [6.07, 6.45) is -5.25. The third-order valence-corrected chi connectivity index (χ3v) is 15.1. The predicted molar refractivity (Wildman–Crippen MR) is 305 cm³/mol.